The van der Waals surface area contributed by atoms with Gasteiger partial charge in [-0.1, -0.05) is 0 Å². The van der Waals surface area contributed by atoms with Gasteiger partial charge in [-0.05, 0) is 6.92 Å². The van der Waals surface area contributed by atoms with Gasteiger partial charge in [-0.15, -0.1) is 0 Å². The zero-order chi connectivity index (χ0) is 14.0. The summed E-state index contributed by atoms with van der Waals surface area (Å²) >= 11 is 0. The summed E-state index contributed by atoms with van der Waals surface area (Å²) in [5, 5.41) is 0. The van der Waals surface area contributed by atoms with E-state index in [-0.39, 0.29) is 18.5 Å². The zero-order valence-electron chi connectivity index (χ0n) is 10.2. The maximum atomic E-state index is 10.7. The van der Waals surface area contributed by atoms with Gasteiger partial charge in [0, 0.05) is 0 Å². The van der Waals surface area contributed by atoms with Gasteiger partial charge in [-0.3, -0.25) is 4.57 Å². The van der Waals surface area contributed by atoms with E-state index in [4.69, 9.17) is 20.3 Å². The number of aromatic nitrogens is 4. The van der Waals surface area contributed by atoms with Gasteiger partial charge < -0.3 is 24.8 Å². The van der Waals surface area contributed by atoms with Crippen LogP contribution in [-0.4, -0.2) is 42.3 Å². The molecule has 0 aliphatic carbocycles. The highest BCUT2D eigenvalue weighted by Gasteiger charge is 2.16. The lowest BCUT2D eigenvalue weighted by Gasteiger charge is -2.14. The maximum Gasteiger partial charge on any atom is 0.350 e. The van der Waals surface area contributed by atoms with Crippen molar-refractivity contribution < 1.29 is 19.1 Å². The molecule has 19 heavy (non-hydrogen) atoms. The summed E-state index contributed by atoms with van der Waals surface area (Å²) < 4.78 is 17.4. The molecule has 0 spiro atoms. The topological polar surface area (TPSA) is 136 Å². The molecule has 0 aliphatic rings. The standard InChI is InChI=1S/C9H14N5O4P/c1-6(2-18-5-19(15,16)17)14-4-13-7-8(10)11-3-12-9(7)14/h3-4,6H,2,5H2,1H3,(H2,10,11,12)(H2,15,16,17). The predicted octanol–water partition coefficient (Wildman–Crippen LogP) is 0.121. The Labute approximate surface area is 108 Å². The van der Waals surface area contributed by atoms with E-state index in [1.807, 2.05) is 6.92 Å². The van der Waals surface area contributed by atoms with Crippen LogP contribution in [0.15, 0.2) is 12.7 Å². The van der Waals surface area contributed by atoms with Crippen LogP contribution < -0.4 is 5.73 Å². The van der Waals surface area contributed by atoms with Gasteiger partial charge in [0.15, 0.2) is 11.5 Å². The minimum atomic E-state index is -4.15. The molecule has 2 rings (SSSR count). The molecule has 0 saturated heterocycles. The molecule has 2 heterocycles. The molecule has 4 N–H and O–H groups in total. The van der Waals surface area contributed by atoms with Crippen LogP contribution in [0.5, 0.6) is 0 Å². The van der Waals surface area contributed by atoms with Crippen LogP contribution in [0.25, 0.3) is 11.2 Å². The van der Waals surface area contributed by atoms with Crippen LogP contribution in [-0.2, 0) is 9.30 Å². The first-order valence-electron chi connectivity index (χ1n) is 5.44. The molecule has 0 radical (unpaired) electrons. The summed E-state index contributed by atoms with van der Waals surface area (Å²) in [6.07, 6.45) is 2.27. The summed E-state index contributed by atoms with van der Waals surface area (Å²) in [4.78, 5) is 29.4. The number of anilines is 1. The van der Waals surface area contributed by atoms with Crippen LogP contribution in [0.2, 0.25) is 0 Å². The molecule has 10 heteroatoms. The molecular weight excluding hydrogens is 273 g/mol. The second kappa shape index (κ2) is 5.22. The third-order valence-electron chi connectivity index (χ3n) is 2.48. The average Bonchev–Trinajstić information content (AvgIpc) is 2.72. The van der Waals surface area contributed by atoms with E-state index in [0.29, 0.717) is 11.2 Å². The van der Waals surface area contributed by atoms with E-state index in [0.717, 1.165) is 0 Å². The monoisotopic (exact) mass is 287 g/mol. The summed E-state index contributed by atoms with van der Waals surface area (Å²) in [5.41, 5.74) is 6.71. The second-order valence-corrected chi connectivity index (χ2v) is 5.68. The molecule has 0 amide bonds. The molecule has 2 aromatic rings. The van der Waals surface area contributed by atoms with Crippen molar-refractivity contribution in [2.24, 2.45) is 0 Å². The molecule has 0 aliphatic heterocycles. The van der Waals surface area contributed by atoms with E-state index < -0.39 is 13.9 Å². The van der Waals surface area contributed by atoms with Gasteiger partial charge in [-0.2, -0.15) is 0 Å². The van der Waals surface area contributed by atoms with E-state index >= 15 is 0 Å². The lowest BCUT2D eigenvalue weighted by molar-refractivity contribution is 0.130. The summed E-state index contributed by atoms with van der Waals surface area (Å²) in [6.45, 7) is 1.94. The van der Waals surface area contributed by atoms with Crippen molar-refractivity contribution in [2.75, 3.05) is 18.7 Å². The molecule has 0 bridgehead atoms. The molecule has 0 aromatic carbocycles. The first-order valence-corrected chi connectivity index (χ1v) is 7.23. The fourth-order valence-corrected chi connectivity index (χ4v) is 1.96. The SMILES string of the molecule is CC(COCP(=O)(O)O)n1cnc2c(N)ncnc21. The molecular formula is C9H14N5O4P. The summed E-state index contributed by atoms with van der Waals surface area (Å²) in [5.74, 6) is 0.284. The van der Waals surface area contributed by atoms with Crippen molar-refractivity contribution in [1.82, 2.24) is 19.5 Å². The van der Waals surface area contributed by atoms with E-state index in [1.165, 1.54) is 6.33 Å². The molecule has 104 valence electrons. The highest BCUT2D eigenvalue weighted by atomic mass is 31.2. The van der Waals surface area contributed by atoms with Gasteiger partial charge >= 0.3 is 7.60 Å². The minimum absolute atomic E-state index is 0.125. The van der Waals surface area contributed by atoms with E-state index in [9.17, 15) is 4.57 Å². The van der Waals surface area contributed by atoms with Crippen LogP contribution in [0.4, 0.5) is 5.82 Å². The zero-order valence-corrected chi connectivity index (χ0v) is 11.1. The normalized spacial score (nSPS) is 13.8. The van der Waals surface area contributed by atoms with Crippen molar-refractivity contribution in [3.63, 3.8) is 0 Å². The van der Waals surface area contributed by atoms with Gasteiger partial charge in [0.2, 0.25) is 0 Å². The average molecular weight is 287 g/mol. The van der Waals surface area contributed by atoms with Crippen molar-refractivity contribution in [3.05, 3.63) is 12.7 Å². The maximum absolute atomic E-state index is 10.7. The Kier molecular flexibility index (Phi) is 3.81. The quantitative estimate of drug-likeness (QED) is 0.659. The third-order valence-corrected chi connectivity index (χ3v) is 3.00. The number of hydrogen-bond acceptors (Lipinski definition) is 6. The lowest BCUT2D eigenvalue weighted by Crippen LogP contribution is -2.12. The molecule has 9 nitrogen and oxygen atoms in total. The number of fused-ring (bicyclic) bond motifs is 1. The summed E-state index contributed by atoms with van der Waals surface area (Å²) in [7, 11) is -4.15. The van der Waals surface area contributed by atoms with Crippen LogP contribution >= 0.6 is 7.60 Å². The predicted molar refractivity (Wildman–Crippen MR) is 67.3 cm³/mol. The Morgan fingerprint density at radius 2 is 2.21 bits per heavy atom. The van der Waals surface area contributed by atoms with Gasteiger partial charge in [0.25, 0.3) is 0 Å². The van der Waals surface area contributed by atoms with Crippen molar-refractivity contribution in [1.29, 1.82) is 0 Å². The first kappa shape index (κ1) is 13.9. The van der Waals surface area contributed by atoms with Gasteiger partial charge in [-0.25, -0.2) is 15.0 Å². The van der Waals surface area contributed by atoms with Gasteiger partial charge in [0.1, 0.15) is 18.2 Å². The van der Waals surface area contributed by atoms with Crippen LogP contribution in [0.3, 0.4) is 0 Å². The number of hydrogen-bond donors (Lipinski definition) is 3. The minimum Gasteiger partial charge on any atom is -0.382 e. The number of imidazole rings is 1. The largest absolute Gasteiger partial charge is 0.382 e. The highest BCUT2D eigenvalue weighted by molar-refractivity contribution is 7.51. The Bertz CT molecular complexity index is 624. The number of nitrogens with two attached hydrogens (primary N) is 1. The van der Waals surface area contributed by atoms with E-state index in [1.54, 1.807) is 10.9 Å². The molecule has 0 saturated carbocycles. The van der Waals surface area contributed by atoms with Crippen molar-refractivity contribution in [2.45, 2.75) is 13.0 Å². The lowest BCUT2D eigenvalue weighted by atomic mass is 10.3. The number of ether oxygens (including phenoxy) is 1. The first-order chi connectivity index (χ1) is 8.88. The van der Waals surface area contributed by atoms with E-state index in [2.05, 4.69) is 15.0 Å². The third kappa shape index (κ3) is 3.27. The number of nitrogens with zero attached hydrogens (tertiary/aromatic N) is 4. The molecule has 0 fully saturated rings. The number of nitrogen functional groups attached to an aromatic ring is 1. The molecule has 1 unspecified atom stereocenters. The van der Waals surface area contributed by atoms with Crippen LogP contribution in [0, 0.1) is 0 Å². The smallest absolute Gasteiger partial charge is 0.350 e. The fraction of sp³-hybridized carbons (Fsp3) is 0.444. The molecule has 1 atom stereocenters. The van der Waals surface area contributed by atoms with Crippen molar-refractivity contribution in [3.8, 4) is 0 Å². The Balaban J connectivity index is 2.12. The second-order valence-electron chi connectivity index (χ2n) is 4.10. The summed E-state index contributed by atoms with van der Waals surface area (Å²) in [6, 6.07) is -0.189. The van der Waals surface area contributed by atoms with Crippen molar-refractivity contribution >= 4 is 24.6 Å². The Morgan fingerprint density at radius 3 is 2.89 bits per heavy atom. The Morgan fingerprint density at radius 1 is 1.47 bits per heavy atom. The molecule has 2 aromatic heterocycles. The van der Waals surface area contributed by atoms with Crippen LogP contribution in [0.1, 0.15) is 13.0 Å². The Hall–Kier alpha value is -1.54. The van der Waals surface area contributed by atoms with Gasteiger partial charge in [0.05, 0.1) is 19.0 Å². The highest BCUT2D eigenvalue weighted by Crippen LogP contribution is 2.34. The number of rotatable bonds is 5. The fourth-order valence-electron chi connectivity index (χ4n) is 1.62.